The molecular formula is C15H16N4O4S. The van der Waals surface area contributed by atoms with E-state index in [4.69, 9.17) is 5.73 Å². The SMILES string of the molecule is C/C(=N/NS(=O)(=O)c1ccc(C)c([N+](=O)[O-])c1)c1ccc(N)cc1. The Morgan fingerprint density at radius 1 is 1.21 bits per heavy atom. The predicted octanol–water partition coefficient (Wildman–Crippen LogP) is 2.19. The zero-order valence-electron chi connectivity index (χ0n) is 13.1. The highest BCUT2D eigenvalue weighted by atomic mass is 32.2. The van der Waals surface area contributed by atoms with Crippen LogP contribution in [0.4, 0.5) is 11.4 Å². The number of nitrogens with two attached hydrogens (primary N) is 1. The molecule has 0 amide bonds. The average Bonchev–Trinajstić information content (AvgIpc) is 2.53. The lowest BCUT2D eigenvalue weighted by molar-refractivity contribution is -0.385. The lowest BCUT2D eigenvalue weighted by Crippen LogP contribution is -2.20. The summed E-state index contributed by atoms with van der Waals surface area (Å²) < 4.78 is 24.5. The zero-order valence-corrected chi connectivity index (χ0v) is 13.9. The van der Waals surface area contributed by atoms with Crippen molar-refractivity contribution in [3.8, 4) is 0 Å². The standard InChI is InChI=1S/C15H16N4O4S/c1-10-3-8-14(9-15(10)19(20)21)24(22,23)18-17-11(2)12-4-6-13(16)7-5-12/h3-9,18H,16H2,1-2H3/b17-11-. The summed E-state index contributed by atoms with van der Waals surface area (Å²) in [4.78, 5) is 12.2. The summed E-state index contributed by atoms with van der Waals surface area (Å²) in [6, 6.07) is 10.4. The molecule has 0 unspecified atom stereocenters. The highest BCUT2D eigenvalue weighted by Gasteiger charge is 2.19. The molecule has 0 aliphatic carbocycles. The molecule has 2 rings (SSSR count). The van der Waals surface area contributed by atoms with Gasteiger partial charge in [-0.3, -0.25) is 10.1 Å². The minimum atomic E-state index is -4.01. The number of hydrogen-bond donors (Lipinski definition) is 2. The first-order valence-corrected chi connectivity index (χ1v) is 8.36. The van der Waals surface area contributed by atoms with Crippen molar-refractivity contribution in [1.82, 2.24) is 4.83 Å². The van der Waals surface area contributed by atoms with Gasteiger partial charge in [0.05, 0.1) is 15.5 Å². The molecule has 0 atom stereocenters. The second-order valence-electron chi connectivity index (χ2n) is 5.12. The number of hydrogen-bond acceptors (Lipinski definition) is 6. The van der Waals surface area contributed by atoms with Crippen molar-refractivity contribution >= 4 is 27.1 Å². The predicted molar refractivity (Wildman–Crippen MR) is 91.2 cm³/mol. The summed E-state index contributed by atoms with van der Waals surface area (Å²) in [5.74, 6) is 0. The molecule has 0 fully saturated rings. The van der Waals surface area contributed by atoms with E-state index in [-0.39, 0.29) is 10.6 Å². The molecule has 8 nitrogen and oxygen atoms in total. The highest BCUT2D eigenvalue weighted by molar-refractivity contribution is 7.89. The van der Waals surface area contributed by atoms with E-state index in [2.05, 4.69) is 9.93 Å². The van der Waals surface area contributed by atoms with Crippen LogP contribution in [0.15, 0.2) is 52.5 Å². The number of nitro groups is 1. The largest absolute Gasteiger partial charge is 0.399 e. The van der Waals surface area contributed by atoms with Crippen LogP contribution in [-0.2, 0) is 10.0 Å². The van der Waals surface area contributed by atoms with Gasteiger partial charge >= 0.3 is 0 Å². The molecule has 0 bridgehead atoms. The fraction of sp³-hybridized carbons (Fsp3) is 0.133. The topological polar surface area (TPSA) is 128 Å². The number of nitrogens with zero attached hydrogens (tertiary/aromatic N) is 2. The van der Waals surface area contributed by atoms with Crippen LogP contribution < -0.4 is 10.6 Å². The number of rotatable bonds is 5. The van der Waals surface area contributed by atoms with Crippen LogP contribution in [0.1, 0.15) is 18.1 Å². The summed E-state index contributed by atoms with van der Waals surface area (Å²) in [6.07, 6.45) is 0. The Morgan fingerprint density at radius 2 is 1.83 bits per heavy atom. The molecule has 126 valence electrons. The number of sulfonamides is 1. The first-order chi connectivity index (χ1) is 11.2. The van der Waals surface area contributed by atoms with Crippen LogP contribution in [0.3, 0.4) is 0 Å². The van der Waals surface area contributed by atoms with Crippen molar-refractivity contribution in [1.29, 1.82) is 0 Å². The molecule has 0 spiro atoms. The molecule has 0 saturated carbocycles. The summed E-state index contributed by atoms with van der Waals surface area (Å²) in [7, 11) is -4.01. The Morgan fingerprint density at radius 3 is 2.42 bits per heavy atom. The number of benzene rings is 2. The van der Waals surface area contributed by atoms with Crippen LogP contribution in [0.2, 0.25) is 0 Å². The van der Waals surface area contributed by atoms with Crippen LogP contribution >= 0.6 is 0 Å². The fourth-order valence-electron chi connectivity index (χ4n) is 1.92. The number of anilines is 1. The third-order valence-corrected chi connectivity index (χ3v) is 4.56. The molecule has 2 aromatic rings. The maximum Gasteiger partial charge on any atom is 0.276 e. The molecule has 2 aromatic carbocycles. The number of nitro benzene ring substituents is 1. The molecule has 0 aliphatic rings. The monoisotopic (exact) mass is 348 g/mol. The Kier molecular flexibility index (Phi) is 4.84. The van der Waals surface area contributed by atoms with E-state index in [1.54, 1.807) is 31.2 Å². The maximum atomic E-state index is 12.2. The second-order valence-corrected chi connectivity index (χ2v) is 6.78. The minimum Gasteiger partial charge on any atom is -0.399 e. The summed E-state index contributed by atoms with van der Waals surface area (Å²) in [5.41, 5.74) is 7.41. The van der Waals surface area contributed by atoms with Crippen molar-refractivity contribution in [2.24, 2.45) is 5.10 Å². The summed E-state index contributed by atoms with van der Waals surface area (Å²) in [5, 5.41) is 14.8. The molecule has 24 heavy (non-hydrogen) atoms. The normalized spacial score (nSPS) is 12.0. The molecule has 0 heterocycles. The number of nitrogen functional groups attached to an aromatic ring is 1. The molecule has 3 N–H and O–H groups in total. The van der Waals surface area contributed by atoms with E-state index in [1.807, 2.05) is 0 Å². The van der Waals surface area contributed by atoms with Crippen molar-refractivity contribution in [3.63, 3.8) is 0 Å². The van der Waals surface area contributed by atoms with Gasteiger partial charge in [0.25, 0.3) is 15.7 Å². The Bertz CT molecular complexity index is 906. The minimum absolute atomic E-state index is 0.228. The van der Waals surface area contributed by atoms with E-state index in [9.17, 15) is 18.5 Å². The Labute approximate surface area is 139 Å². The first-order valence-electron chi connectivity index (χ1n) is 6.88. The lowest BCUT2D eigenvalue weighted by atomic mass is 10.1. The van der Waals surface area contributed by atoms with E-state index in [1.165, 1.54) is 19.1 Å². The van der Waals surface area contributed by atoms with Crippen molar-refractivity contribution in [2.45, 2.75) is 18.7 Å². The zero-order chi connectivity index (χ0) is 17.9. The average molecular weight is 348 g/mol. The fourth-order valence-corrected chi connectivity index (χ4v) is 2.80. The lowest BCUT2D eigenvalue weighted by Gasteiger charge is -2.06. The maximum absolute atomic E-state index is 12.2. The van der Waals surface area contributed by atoms with E-state index < -0.39 is 14.9 Å². The number of hydrazone groups is 1. The van der Waals surface area contributed by atoms with Crippen molar-refractivity contribution in [3.05, 3.63) is 63.7 Å². The first kappa shape index (κ1) is 17.4. The number of aryl methyl sites for hydroxylation is 1. The smallest absolute Gasteiger partial charge is 0.276 e. The highest BCUT2D eigenvalue weighted by Crippen LogP contribution is 2.22. The van der Waals surface area contributed by atoms with E-state index in [0.29, 0.717) is 22.5 Å². The molecular weight excluding hydrogens is 332 g/mol. The second kappa shape index (κ2) is 6.67. The van der Waals surface area contributed by atoms with Gasteiger partial charge in [-0.15, -0.1) is 0 Å². The van der Waals surface area contributed by atoms with Crippen LogP contribution in [0.25, 0.3) is 0 Å². The molecule has 0 saturated heterocycles. The number of nitrogens with one attached hydrogen (secondary N) is 1. The van der Waals surface area contributed by atoms with E-state index in [0.717, 1.165) is 6.07 Å². The van der Waals surface area contributed by atoms with Crippen LogP contribution in [-0.4, -0.2) is 19.1 Å². The molecule has 0 radical (unpaired) electrons. The molecule has 9 heteroatoms. The molecule has 0 aromatic heterocycles. The Balaban J connectivity index is 2.28. The third kappa shape index (κ3) is 3.87. The van der Waals surface area contributed by atoms with Gasteiger partial charge in [0, 0.05) is 17.3 Å². The van der Waals surface area contributed by atoms with Gasteiger partial charge < -0.3 is 5.73 Å². The van der Waals surface area contributed by atoms with Gasteiger partial charge in [-0.2, -0.15) is 18.4 Å². The third-order valence-electron chi connectivity index (χ3n) is 3.35. The molecule has 0 aliphatic heterocycles. The van der Waals surface area contributed by atoms with Gasteiger partial charge in [0.2, 0.25) is 0 Å². The van der Waals surface area contributed by atoms with Gasteiger partial charge in [-0.1, -0.05) is 18.2 Å². The van der Waals surface area contributed by atoms with Crippen molar-refractivity contribution in [2.75, 3.05) is 5.73 Å². The van der Waals surface area contributed by atoms with Gasteiger partial charge in [0.15, 0.2) is 0 Å². The summed E-state index contributed by atoms with van der Waals surface area (Å²) in [6.45, 7) is 3.16. The van der Waals surface area contributed by atoms with E-state index >= 15 is 0 Å². The Hall–Kier alpha value is -2.94. The van der Waals surface area contributed by atoms with Gasteiger partial charge in [0.1, 0.15) is 0 Å². The van der Waals surface area contributed by atoms with Crippen LogP contribution in [0, 0.1) is 17.0 Å². The van der Waals surface area contributed by atoms with Crippen LogP contribution in [0.5, 0.6) is 0 Å². The quantitative estimate of drug-likeness (QED) is 0.370. The summed E-state index contributed by atoms with van der Waals surface area (Å²) >= 11 is 0. The van der Waals surface area contributed by atoms with Gasteiger partial charge in [-0.25, -0.2) is 0 Å². The van der Waals surface area contributed by atoms with Gasteiger partial charge in [-0.05, 0) is 37.6 Å². The van der Waals surface area contributed by atoms with Crippen molar-refractivity contribution < 1.29 is 13.3 Å².